The molecule has 0 aromatic rings. The maximum atomic E-state index is 12.1. The van der Waals surface area contributed by atoms with E-state index in [1.54, 1.807) is 0 Å². The summed E-state index contributed by atoms with van der Waals surface area (Å²) in [7, 11) is 0. The fourth-order valence-electron chi connectivity index (χ4n) is 2.91. The van der Waals surface area contributed by atoms with Crippen LogP contribution >= 0.6 is 0 Å². The van der Waals surface area contributed by atoms with Crippen molar-refractivity contribution in [2.45, 2.75) is 45.6 Å². The Kier molecular flexibility index (Phi) is 3.85. The molecule has 92 valence electrons. The van der Waals surface area contributed by atoms with E-state index in [2.05, 4.69) is 24.5 Å². The van der Waals surface area contributed by atoms with E-state index < -0.39 is 0 Å². The largest absolute Gasteiger partial charge is 0.353 e. The van der Waals surface area contributed by atoms with Gasteiger partial charge in [-0.2, -0.15) is 0 Å². The summed E-state index contributed by atoms with van der Waals surface area (Å²) in [6.07, 6.45) is 4.95. The normalized spacial score (nSPS) is 32.1. The van der Waals surface area contributed by atoms with Crippen molar-refractivity contribution >= 4 is 5.91 Å². The molecule has 0 radical (unpaired) electrons. The second-order valence-electron chi connectivity index (χ2n) is 5.42. The number of amides is 1. The van der Waals surface area contributed by atoms with Crippen LogP contribution in [0.1, 0.15) is 39.5 Å². The van der Waals surface area contributed by atoms with Crippen molar-refractivity contribution in [1.29, 1.82) is 0 Å². The monoisotopic (exact) mass is 224 g/mol. The Bertz CT molecular complexity index is 250. The zero-order valence-electron chi connectivity index (χ0n) is 10.5. The maximum Gasteiger partial charge on any atom is 0.223 e. The number of rotatable bonds is 4. The average Bonchev–Trinajstić information content (AvgIpc) is 2.62. The van der Waals surface area contributed by atoms with Crippen molar-refractivity contribution in [3.8, 4) is 0 Å². The molecule has 1 saturated carbocycles. The van der Waals surface area contributed by atoms with Gasteiger partial charge in [0.05, 0.1) is 0 Å². The first-order chi connectivity index (χ1) is 7.72. The van der Waals surface area contributed by atoms with Gasteiger partial charge in [-0.25, -0.2) is 0 Å². The topological polar surface area (TPSA) is 41.1 Å². The molecule has 3 heteroatoms. The van der Waals surface area contributed by atoms with Crippen LogP contribution in [0.3, 0.4) is 0 Å². The molecule has 1 heterocycles. The highest BCUT2D eigenvalue weighted by Crippen LogP contribution is 2.28. The van der Waals surface area contributed by atoms with Crippen molar-refractivity contribution < 1.29 is 4.79 Å². The van der Waals surface area contributed by atoms with E-state index in [1.807, 2.05) is 0 Å². The zero-order valence-corrected chi connectivity index (χ0v) is 10.5. The molecule has 16 heavy (non-hydrogen) atoms. The lowest BCUT2D eigenvalue weighted by Gasteiger charge is -2.33. The molecule has 2 aliphatic rings. The Balaban J connectivity index is 1.81. The van der Waals surface area contributed by atoms with Crippen LogP contribution < -0.4 is 10.6 Å². The lowest BCUT2D eigenvalue weighted by Crippen LogP contribution is -2.51. The van der Waals surface area contributed by atoms with Crippen LogP contribution in [-0.4, -0.2) is 25.0 Å². The first-order valence-corrected chi connectivity index (χ1v) is 6.73. The van der Waals surface area contributed by atoms with Gasteiger partial charge in [0.2, 0.25) is 5.91 Å². The molecule has 2 fully saturated rings. The van der Waals surface area contributed by atoms with Gasteiger partial charge in [0.15, 0.2) is 0 Å². The number of nitrogens with one attached hydrogen (secondary N) is 2. The SMILES string of the molecule is CCC1CCCC1NC(=O)C(C)C1CNC1. The lowest BCUT2D eigenvalue weighted by molar-refractivity contribution is -0.127. The molecule has 0 aromatic carbocycles. The summed E-state index contributed by atoms with van der Waals surface area (Å²) in [5.41, 5.74) is 0. The minimum Gasteiger partial charge on any atom is -0.353 e. The smallest absolute Gasteiger partial charge is 0.223 e. The summed E-state index contributed by atoms with van der Waals surface area (Å²) < 4.78 is 0. The highest BCUT2D eigenvalue weighted by atomic mass is 16.1. The average molecular weight is 224 g/mol. The number of hydrogen-bond acceptors (Lipinski definition) is 2. The third-order valence-electron chi connectivity index (χ3n) is 4.44. The van der Waals surface area contributed by atoms with Gasteiger partial charge in [-0.1, -0.05) is 26.7 Å². The molecule has 1 amide bonds. The second-order valence-corrected chi connectivity index (χ2v) is 5.42. The Hall–Kier alpha value is -0.570. The first-order valence-electron chi connectivity index (χ1n) is 6.73. The molecule has 0 bridgehead atoms. The highest BCUT2D eigenvalue weighted by molar-refractivity contribution is 5.79. The van der Waals surface area contributed by atoms with Crippen LogP contribution in [0.15, 0.2) is 0 Å². The Morgan fingerprint density at radius 2 is 2.19 bits per heavy atom. The van der Waals surface area contributed by atoms with E-state index in [4.69, 9.17) is 0 Å². The van der Waals surface area contributed by atoms with E-state index in [0.717, 1.165) is 19.0 Å². The van der Waals surface area contributed by atoms with Crippen molar-refractivity contribution in [1.82, 2.24) is 10.6 Å². The predicted molar refractivity (Wildman–Crippen MR) is 65.1 cm³/mol. The third kappa shape index (κ3) is 2.40. The first kappa shape index (κ1) is 11.9. The molecule has 2 rings (SSSR count). The molecule has 1 saturated heterocycles. The van der Waals surface area contributed by atoms with Gasteiger partial charge >= 0.3 is 0 Å². The minimum atomic E-state index is 0.180. The van der Waals surface area contributed by atoms with Gasteiger partial charge in [0, 0.05) is 12.0 Å². The van der Waals surface area contributed by atoms with Gasteiger partial charge < -0.3 is 10.6 Å². The quantitative estimate of drug-likeness (QED) is 0.760. The highest BCUT2D eigenvalue weighted by Gasteiger charge is 2.32. The summed E-state index contributed by atoms with van der Waals surface area (Å²) in [6.45, 7) is 6.32. The van der Waals surface area contributed by atoms with E-state index in [-0.39, 0.29) is 11.8 Å². The van der Waals surface area contributed by atoms with Crippen LogP contribution in [0.5, 0.6) is 0 Å². The van der Waals surface area contributed by atoms with Crippen LogP contribution in [0.2, 0.25) is 0 Å². The molecule has 3 unspecified atom stereocenters. The fourth-order valence-corrected chi connectivity index (χ4v) is 2.91. The van der Waals surface area contributed by atoms with Gasteiger partial charge in [-0.3, -0.25) is 4.79 Å². The third-order valence-corrected chi connectivity index (χ3v) is 4.44. The molecule has 1 aliphatic carbocycles. The summed E-state index contributed by atoms with van der Waals surface area (Å²) in [5.74, 6) is 1.73. The minimum absolute atomic E-state index is 0.180. The predicted octanol–water partition coefficient (Wildman–Crippen LogP) is 1.54. The van der Waals surface area contributed by atoms with E-state index >= 15 is 0 Å². The van der Waals surface area contributed by atoms with Gasteiger partial charge in [-0.15, -0.1) is 0 Å². The van der Waals surface area contributed by atoms with Crippen molar-refractivity contribution in [2.24, 2.45) is 17.8 Å². The molecular formula is C13H24N2O. The Morgan fingerprint density at radius 1 is 1.44 bits per heavy atom. The molecule has 0 aromatic heterocycles. The molecular weight excluding hydrogens is 200 g/mol. The van der Waals surface area contributed by atoms with Crippen molar-refractivity contribution in [2.75, 3.05) is 13.1 Å². The number of carbonyl (C=O) groups excluding carboxylic acids is 1. The summed E-state index contributed by atoms with van der Waals surface area (Å²) in [4.78, 5) is 12.1. The van der Waals surface area contributed by atoms with E-state index in [1.165, 1.54) is 25.7 Å². The van der Waals surface area contributed by atoms with Gasteiger partial charge in [-0.05, 0) is 37.8 Å². The van der Waals surface area contributed by atoms with Crippen molar-refractivity contribution in [3.05, 3.63) is 0 Å². The van der Waals surface area contributed by atoms with Gasteiger partial charge in [0.25, 0.3) is 0 Å². The summed E-state index contributed by atoms with van der Waals surface area (Å²) in [6, 6.07) is 0.452. The molecule has 1 aliphatic heterocycles. The lowest BCUT2D eigenvalue weighted by atomic mass is 9.88. The fraction of sp³-hybridized carbons (Fsp3) is 0.923. The molecule has 3 nitrogen and oxygen atoms in total. The maximum absolute atomic E-state index is 12.1. The Morgan fingerprint density at radius 3 is 2.75 bits per heavy atom. The van der Waals surface area contributed by atoms with Gasteiger partial charge in [0.1, 0.15) is 0 Å². The number of carbonyl (C=O) groups is 1. The van der Waals surface area contributed by atoms with Crippen LogP contribution in [0.25, 0.3) is 0 Å². The standard InChI is InChI=1S/C13H24N2O/c1-3-10-5-4-6-12(10)15-13(16)9(2)11-7-14-8-11/h9-12,14H,3-8H2,1-2H3,(H,15,16). The van der Waals surface area contributed by atoms with E-state index in [9.17, 15) is 4.79 Å². The van der Waals surface area contributed by atoms with Crippen LogP contribution in [-0.2, 0) is 4.79 Å². The summed E-state index contributed by atoms with van der Waals surface area (Å²) >= 11 is 0. The zero-order chi connectivity index (χ0) is 11.5. The molecule has 0 spiro atoms. The second kappa shape index (κ2) is 5.17. The van der Waals surface area contributed by atoms with Crippen molar-refractivity contribution in [3.63, 3.8) is 0 Å². The van der Waals surface area contributed by atoms with E-state index in [0.29, 0.717) is 12.0 Å². The number of hydrogen-bond donors (Lipinski definition) is 2. The Labute approximate surface area is 98.4 Å². The molecule has 2 N–H and O–H groups in total. The molecule has 3 atom stereocenters. The van der Waals surface area contributed by atoms with Crippen LogP contribution in [0, 0.1) is 17.8 Å². The summed E-state index contributed by atoms with van der Waals surface area (Å²) in [5, 5.41) is 6.49. The van der Waals surface area contributed by atoms with Crippen LogP contribution in [0.4, 0.5) is 0 Å².